The Balaban J connectivity index is 2.18. The highest BCUT2D eigenvalue weighted by molar-refractivity contribution is 6.28. The number of nitrogens with two attached hydrogens (primary N) is 1. The molecule has 7 heteroatoms. The Morgan fingerprint density at radius 1 is 1.29 bits per heavy atom. The number of hydrogen-bond donors (Lipinski definition) is 2. The summed E-state index contributed by atoms with van der Waals surface area (Å²) < 4.78 is 5.43. The number of nitrogen functional groups attached to an aromatic ring is 1. The average molecular weight is 260 g/mol. The van der Waals surface area contributed by atoms with Crippen LogP contribution in [0.4, 0.5) is 11.9 Å². The SMILES string of the molecule is CC(C)CCOCCNc1nc(N)nc(Cl)n1. The lowest BCUT2D eigenvalue weighted by Gasteiger charge is -2.07. The normalized spacial score (nSPS) is 10.8. The van der Waals surface area contributed by atoms with Crippen LogP contribution in [0.5, 0.6) is 0 Å². The minimum atomic E-state index is 0.0840. The molecule has 1 aromatic heterocycles. The van der Waals surface area contributed by atoms with Gasteiger partial charge in [-0.2, -0.15) is 15.0 Å². The van der Waals surface area contributed by atoms with E-state index in [1.54, 1.807) is 0 Å². The van der Waals surface area contributed by atoms with Gasteiger partial charge in [0.1, 0.15) is 0 Å². The highest BCUT2D eigenvalue weighted by atomic mass is 35.5. The van der Waals surface area contributed by atoms with Crippen LogP contribution in [0, 0.1) is 5.92 Å². The molecule has 3 N–H and O–H groups in total. The lowest BCUT2D eigenvalue weighted by molar-refractivity contribution is 0.132. The lowest BCUT2D eigenvalue weighted by Crippen LogP contribution is -2.13. The maximum atomic E-state index is 5.63. The molecule has 0 amide bonds. The first-order chi connectivity index (χ1) is 8.08. The number of rotatable bonds is 7. The van der Waals surface area contributed by atoms with Crippen molar-refractivity contribution < 1.29 is 4.74 Å². The molecule has 0 aromatic carbocycles. The Morgan fingerprint density at radius 2 is 2.06 bits per heavy atom. The topological polar surface area (TPSA) is 86.0 Å². The van der Waals surface area contributed by atoms with Crippen molar-refractivity contribution in [1.82, 2.24) is 15.0 Å². The largest absolute Gasteiger partial charge is 0.380 e. The highest BCUT2D eigenvalue weighted by Crippen LogP contribution is 2.06. The molecule has 1 aromatic rings. The van der Waals surface area contributed by atoms with Crippen LogP contribution in [0.3, 0.4) is 0 Å². The predicted molar refractivity (Wildman–Crippen MR) is 68.0 cm³/mol. The van der Waals surface area contributed by atoms with Crippen LogP contribution >= 0.6 is 11.6 Å². The minimum absolute atomic E-state index is 0.0840. The first kappa shape index (κ1) is 13.9. The quantitative estimate of drug-likeness (QED) is 0.723. The van der Waals surface area contributed by atoms with Crippen molar-refractivity contribution in [2.24, 2.45) is 5.92 Å². The molecule has 6 nitrogen and oxygen atoms in total. The van der Waals surface area contributed by atoms with E-state index < -0.39 is 0 Å². The predicted octanol–water partition coefficient (Wildman–Crippen LogP) is 1.58. The van der Waals surface area contributed by atoms with Gasteiger partial charge in [0.05, 0.1) is 6.61 Å². The molecule has 0 spiro atoms. The van der Waals surface area contributed by atoms with E-state index in [1.165, 1.54) is 0 Å². The van der Waals surface area contributed by atoms with Gasteiger partial charge in [0, 0.05) is 13.2 Å². The maximum Gasteiger partial charge on any atom is 0.228 e. The van der Waals surface area contributed by atoms with Gasteiger partial charge < -0.3 is 15.8 Å². The zero-order valence-electron chi connectivity index (χ0n) is 10.1. The van der Waals surface area contributed by atoms with Gasteiger partial charge in [-0.1, -0.05) is 13.8 Å². The first-order valence-electron chi connectivity index (χ1n) is 5.56. The Morgan fingerprint density at radius 3 is 2.71 bits per heavy atom. The van der Waals surface area contributed by atoms with Gasteiger partial charge in [0.15, 0.2) is 0 Å². The third-order valence-electron chi connectivity index (χ3n) is 1.99. The van der Waals surface area contributed by atoms with Crippen LogP contribution in [-0.2, 0) is 4.74 Å². The number of nitrogens with one attached hydrogen (secondary N) is 1. The third-order valence-corrected chi connectivity index (χ3v) is 2.16. The fourth-order valence-electron chi connectivity index (χ4n) is 1.10. The second-order valence-corrected chi connectivity index (χ2v) is 4.35. The smallest absolute Gasteiger partial charge is 0.228 e. The van der Waals surface area contributed by atoms with Crippen LogP contribution in [0.1, 0.15) is 20.3 Å². The van der Waals surface area contributed by atoms with Gasteiger partial charge in [-0.25, -0.2) is 0 Å². The van der Waals surface area contributed by atoms with Crippen molar-refractivity contribution in [3.8, 4) is 0 Å². The molecule has 0 aliphatic heterocycles. The summed E-state index contributed by atoms with van der Waals surface area (Å²) in [6.07, 6.45) is 1.06. The third kappa shape index (κ3) is 6.23. The number of halogens is 1. The molecule has 0 radical (unpaired) electrons. The van der Waals surface area contributed by atoms with Crippen molar-refractivity contribution in [1.29, 1.82) is 0 Å². The molecular weight excluding hydrogens is 242 g/mol. The van der Waals surface area contributed by atoms with Crippen LogP contribution in [0.2, 0.25) is 5.28 Å². The monoisotopic (exact) mass is 259 g/mol. The zero-order chi connectivity index (χ0) is 12.7. The van der Waals surface area contributed by atoms with Crippen LogP contribution in [0.15, 0.2) is 0 Å². The lowest BCUT2D eigenvalue weighted by atomic mass is 10.1. The Hall–Kier alpha value is -1.14. The van der Waals surface area contributed by atoms with E-state index in [9.17, 15) is 0 Å². The van der Waals surface area contributed by atoms with E-state index in [0.717, 1.165) is 13.0 Å². The molecule has 0 unspecified atom stereocenters. The molecule has 0 aliphatic carbocycles. The summed E-state index contributed by atoms with van der Waals surface area (Å²) in [5.74, 6) is 1.13. The van der Waals surface area contributed by atoms with Crippen LogP contribution in [0.25, 0.3) is 0 Å². The molecular formula is C10H18ClN5O. The van der Waals surface area contributed by atoms with Gasteiger partial charge >= 0.3 is 0 Å². The number of ether oxygens (including phenoxy) is 1. The van der Waals surface area contributed by atoms with Gasteiger partial charge in [0.2, 0.25) is 17.2 Å². The van der Waals surface area contributed by atoms with Crippen molar-refractivity contribution >= 4 is 23.5 Å². The minimum Gasteiger partial charge on any atom is -0.380 e. The summed E-state index contributed by atoms with van der Waals surface area (Å²) in [6, 6.07) is 0. The van der Waals surface area contributed by atoms with Crippen LogP contribution in [-0.4, -0.2) is 34.7 Å². The highest BCUT2D eigenvalue weighted by Gasteiger charge is 2.01. The second kappa shape index (κ2) is 7.24. The summed E-state index contributed by atoms with van der Waals surface area (Å²) in [7, 11) is 0. The first-order valence-corrected chi connectivity index (χ1v) is 5.94. The van der Waals surface area contributed by atoms with Crippen molar-refractivity contribution in [2.75, 3.05) is 30.8 Å². The van der Waals surface area contributed by atoms with Crippen LogP contribution < -0.4 is 11.1 Å². The molecule has 0 saturated carbocycles. The fourth-order valence-corrected chi connectivity index (χ4v) is 1.27. The number of aromatic nitrogens is 3. The van der Waals surface area contributed by atoms with Gasteiger partial charge in [0.25, 0.3) is 0 Å². The van der Waals surface area contributed by atoms with Gasteiger partial charge in [-0.15, -0.1) is 0 Å². The van der Waals surface area contributed by atoms with Crippen molar-refractivity contribution in [3.63, 3.8) is 0 Å². The van der Waals surface area contributed by atoms with E-state index >= 15 is 0 Å². The average Bonchev–Trinajstić information content (AvgIpc) is 2.21. The summed E-state index contributed by atoms with van der Waals surface area (Å²) in [6.45, 7) is 6.29. The van der Waals surface area contributed by atoms with Gasteiger partial charge in [-0.3, -0.25) is 0 Å². The Kier molecular flexibility index (Phi) is 5.93. The molecule has 17 heavy (non-hydrogen) atoms. The number of nitrogens with zero attached hydrogens (tertiary/aromatic N) is 3. The molecule has 0 atom stereocenters. The molecule has 1 heterocycles. The van der Waals surface area contributed by atoms with E-state index in [2.05, 4.69) is 34.1 Å². The molecule has 0 aliphatic rings. The van der Waals surface area contributed by atoms with E-state index in [1.807, 2.05) is 0 Å². The van der Waals surface area contributed by atoms with E-state index in [0.29, 0.717) is 25.0 Å². The Labute approximate surface area is 106 Å². The second-order valence-electron chi connectivity index (χ2n) is 4.01. The van der Waals surface area contributed by atoms with Gasteiger partial charge in [-0.05, 0) is 23.9 Å². The standard InChI is InChI=1S/C10H18ClN5O/c1-7(2)3-5-17-6-4-13-10-15-8(11)14-9(12)16-10/h7H,3-6H2,1-2H3,(H3,12,13,14,15,16). The molecule has 0 saturated heterocycles. The number of anilines is 2. The van der Waals surface area contributed by atoms with E-state index in [4.69, 9.17) is 22.1 Å². The summed E-state index contributed by atoms with van der Waals surface area (Å²) >= 11 is 5.63. The number of hydrogen-bond acceptors (Lipinski definition) is 6. The summed E-state index contributed by atoms with van der Waals surface area (Å²) in [5, 5.41) is 3.05. The summed E-state index contributed by atoms with van der Waals surface area (Å²) in [5.41, 5.74) is 5.43. The molecule has 96 valence electrons. The molecule has 1 rings (SSSR count). The van der Waals surface area contributed by atoms with Crippen molar-refractivity contribution in [2.45, 2.75) is 20.3 Å². The van der Waals surface area contributed by atoms with E-state index in [-0.39, 0.29) is 11.2 Å². The Bertz CT molecular complexity index is 327. The zero-order valence-corrected chi connectivity index (χ0v) is 10.9. The summed E-state index contributed by atoms with van der Waals surface area (Å²) in [4.78, 5) is 11.4. The molecule has 0 fully saturated rings. The maximum absolute atomic E-state index is 5.63. The van der Waals surface area contributed by atoms with Crippen molar-refractivity contribution in [3.05, 3.63) is 5.28 Å². The fraction of sp³-hybridized carbons (Fsp3) is 0.700. The molecule has 0 bridgehead atoms.